The molecule has 4 rings (SSSR count). The second-order valence-corrected chi connectivity index (χ2v) is 6.03. The summed E-state index contributed by atoms with van der Waals surface area (Å²) in [6.45, 7) is 2.00. The van der Waals surface area contributed by atoms with Crippen LogP contribution in [0.15, 0.2) is 72.8 Å². The quantitative estimate of drug-likeness (QED) is 0.593. The first-order valence-corrected chi connectivity index (χ1v) is 8.01. The Morgan fingerprint density at radius 1 is 0.920 bits per heavy atom. The Labute approximate surface area is 145 Å². The molecule has 0 aliphatic carbocycles. The van der Waals surface area contributed by atoms with E-state index in [1.807, 2.05) is 61.5 Å². The average Bonchev–Trinajstić information content (AvgIpc) is 3.07. The lowest BCUT2D eigenvalue weighted by Crippen LogP contribution is -2.02. The predicted molar refractivity (Wildman–Crippen MR) is 98.2 cm³/mol. The van der Waals surface area contributed by atoms with Gasteiger partial charge in [-0.3, -0.25) is 0 Å². The number of benzene rings is 3. The lowest BCUT2D eigenvalue weighted by molar-refractivity contribution is 0.0690. The van der Waals surface area contributed by atoms with Crippen molar-refractivity contribution in [3.8, 4) is 16.9 Å². The number of carboxylic acids is 1. The van der Waals surface area contributed by atoms with Crippen LogP contribution < -0.4 is 0 Å². The molecule has 1 N–H and O–H groups in total. The molecule has 4 heteroatoms. The molecule has 0 bridgehead atoms. The van der Waals surface area contributed by atoms with Gasteiger partial charge in [-0.2, -0.15) is 5.10 Å². The van der Waals surface area contributed by atoms with E-state index in [9.17, 15) is 9.90 Å². The van der Waals surface area contributed by atoms with Gasteiger partial charge in [-0.25, -0.2) is 9.48 Å². The largest absolute Gasteiger partial charge is 0.476 e. The highest BCUT2D eigenvalue weighted by atomic mass is 16.4. The van der Waals surface area contributed by atoms with E-state index in [-0.39, 0.29) is 5.69 Å². The van der Waals surface area contributed by atoms with Crippen LogP contribution in [0.25, 0.3) is 27.7 Å². The van der Waals surface area contributed by atoms with E-state index in [0.717, 1.165) is 33.3 Å². The zero-order valence-electron chi connectivity index (χ0n) is 13.7. The van der Waals surface area contributed by atoms with Crippen LogP contribution in [-0.2, 0) is 0 Å². The van der Waals surface area contributed by atoms with Gasteiger partial charge in [0.15, 0.2) is 5.69 Å². The van der Waals surface area contributed by atoms with Crippen molar-refractivity contribution in [1.82, 2.24) is 9.78 Å². The summed E-state index contributed by atoms with van der Waals surface area (Å²) < 4.78 is 1.69. The summed E-state index contributed by atoms with van der Waals surface area (Å²) in [5.74, 6) is -1.03. The van der Waals surface area contributed by atoms with E-state index in [1.165, 1.54) is 0 Å². The molecule has 1 heterocycles. The maximum Gasteiger partial charge on any atom is 0.356 e. The van der Waals surface area contributed by atoms with Gasteiger partial charge in [0.1, 0.15) is 0 Å². The fraction of sp³-hybridized carbons (Fsp3) is 0.0476. The van der Waals surface area contributed by atoms with Crippen LogP contribution in [0.5, 0.6) is 0 Å². The van der Waals surface area contributed by atoms with E-state index in [2.05, 4.69) is 17.2 Å². The summed E-state index contributed by atoms with van der Waals surface area (Å²) in [7, 11) is 0. The zero-order chi connectivity index (χ0) is 17.4. The van der Waals surface area contributed by atoms with Crippen molar-refractivity contribution in [2.75, 3.05) is 0 Å². The second kappa shape index (κ2) is 5.91. The minimum absolute atomic E-state index is 0.0321. The smallest absolute Gasteiger partial charge is 0.356 e. The van der Waals surface area contributed by atoms with Gasteiger partial charge < -0.3 is 5.11 Å². The summed E-state index contributed by atoms with van der Waals surface area (Å²) in [5.41, 5.74) is 3.66. The number of nitrogens with zero attached hydrogens (tertiary/aromatic N) is 2. The molecule has 0 spiro atoms. The molecule has 0 radical (unpaired) electrons. The van der Waals surface area contributed by atoms with Crippen molar-refractivity contribution < 1.29 is 9.90 Å². The van der Waals surface area contributed by atoms with Gasteiger partial charge in [-0.05, 0) is 47.5 Å². The van der Waals surface area contributed by atoms with E-state index in [4.69, 9.17) is 0 Å². The number of aromatic carboxylic acids is 1. The minimum atomic E-state index is -1.03. The summed E-state index contributed by atoms with van der Waals surface area (Å²) in [6.07, 6.45) is 0. The Balaban J connectivity index is 1.94. The van der Waals surface area contributed by atoms with Crippen molar-refractivity contribution in [3.63, 3.8) is 0 Å². The lowest BCUT2D eigenvalue weighted by Gasteiger charge is -2.09. The highest BCUT2D eigenvalue weighted by Crippen LogP contribution is 2.27. The van der Waals surface area contributed by atoms with E-state index >= 15 is 0 Å². The molecule has 0 unspecified atom stereocenters. The highest BCUT2D eigenvalue weighted by molar-refractivity contribution is 5.90. The fourth-order valence-corrected chi connectivity index (χ4v) is 3.00. The third kappa shape index (κ3) is 2.78. The van der Waals surface area contributed by atoms with Crippen molar-refractivity contribution in [2.45, 2.75) is 6.92 Å². The number of aromatic nitrogens is 2. The van der Waals surface area contributed by atoms with Crippen LogP contribution in [-0.4, -0.2) is 20.9 Å². The molecule has 3 aromatic carbocycles. The number of fused-ring (bicyclic) bond motifs is 1. The summed E-state index contributed by atoms with van der Waals surface area (Å²) >= 11 is 0. The van der Waals surface area contributed by atoms with Crippen molar-refractivity contribution >= 4 is 16.7 Å². The number of aryl methyl sites for hydroxylation is 1. The Morgan fingerprint density at radius 2 is 1.72 bits per heavy atom. The van der Waals surface area contributed by atoms with Gasteiger partial charge in [0.2, 0.25) is 0 Å². The zero-order valence-corrected chi connectivity index (χ0v) is 13.7. The Morgan fingerprint density at radius 3 is 2.48 bits per heavy atom. The molecule has 4 aromatic rings. The van der Waals surface area contributed by atoms with E-state index in [0.29, 0.717) is 0 Å². The first kappa shape index (κ1) is 15.1. The van der Waals surface area contributed by atoms with Crippen molar-refractivity contribution in [1.29, 1.82) is 0 Å². The van der Waals surface area contributed by atoms with Crippen LogP contribution in [0.2, 0.25) is 0 Å². The molecule has 0 fully saturated rings. The second-order valence-electron chi connectivity index (χ2n) is 6.03. The van der Waals surface area contributed by atoms with E-state index in [1.54, 1.807) is 10.7 Å². The Kier molecular flexibility index (Phi) is 3.58. The number of carbonyl (C=O) groups is 1. The summed E-state index contributed by atoms with van der Waals surface area (Å²) in [6, 6.07) is 23.7. The molecule has 0 atom stereocenters. The van der Waals surface area contributed by atoms with Crippen LogP contribution in [0.3, 0.4) is 0 Å². The van der Waals surface area contributed by atoms with Crippen LogP contribution in [0, 0.1) is 6.92 Å². The third-order valence-corrected chi connectivity index (χ3v) is 4.22. The average molecular weight is 328 g/mol. The first-order chi connectivity index (χ1) is 12.1. The molecule has 0 aliphatic rings. The summed E-state index contributed by atoms with van der Waals surface area (Å²) in [4.78, 5) is 11.4. The third-order valence-electron chi connectivity index (χ3n) is 4.22. The molecule has 0 saturated heterocycles. The molecule has 1 aromatic heterocycles. The van der Waals surface area contributed by atoms with Crippen LogP contribution in [0.1, 0.15) is 16.1 Å². The maximum atomic E-state index is 11.4. The van der Waals surface area contributed by atoms with Gasteiger partial charge in [-0.1, -0.05) is 48.5 Å². The molecular formula is C21H16N2O2. The van der Waals surface area contributed by atoms with Gasteiger partial charge >= 0.3 is 5.97 Å². The Bertz CT molecular complexity index is 1100. The predicted octanol–water partition coefficient (Wildman–Crippen LogP) is 4.70. The number of hydrogen-bond donors (Lipinski definition) is 1. The van der Waals surface area contributed by atoms with Crippen LogP contribution >= 0.6 is 0 Å². The monoisotopic (exact) mass is 328 g/mol. The van der Waals surface area contributed by atoms with Crippen LogP contribution in [0.4, 0.5) is 0 Å². The molecule has 0 aliphatic heterocycles. The van der Waals surface area contributed by atoms with Gasteiger partial charge in [-0.15, -0.1) is 0 Å². The first-order valence-electron chi connectivity index (χ1n) is 8.01. The highest BCUT2D eigenvalue weighted by Gasteiger charge is 2.16. The lowest BCUT2D eigenvalue weighted by atomic mass is 10.0. The normalized spacial score (nSPS) is 10.9. The Hall–Kier alpha value is -3.40. The maximum absolute atomic E-state index is 11.4. The van der Waals surface area contributed by atoms with Gasteiger partial charge in [0.25, 0.3) is 0 Å². The molecule has 0 saturated carbocycles. The number of carboxylic acid groups (broad SMARTS) is 1. The van der Waals surface area contributed by atoms with E-state index < -0.39 is 5.97 Å². The van der Waals surface area contributed by atoms with Gasteiger partial charge in [0, 0.05) is 5.56 Å². The molecule has 25 heavy (non-hydrogen) atoms. The number of hydrogen-bond acceptors (Lipinski definition) is 2. The van der Waals surface area contributed by atoms with Crippen molar-refractivity contribution in [2.24, 2.45) is 0 Å². The topological polar surface area (TPSA) is 55.1 Å². The standard InChI is InChI=1S/C21H16N2O2/c1-14-5-4-8-18(11-14)23-20(13-19(22-23)21(24)25)17-10-9-15-6-2-3-7-16(15)12-17/h2-13H,1H3,(H,24,25). The minimum Gasteiger partial charge on any atom is -0.476 e. The molecule has 4 nitrogen and oxygen atoms in total. The fourth-order valence-electron chi connectivity index (χ4n) is 3.00. The molecule has 122 valence electrons. The molecular weight excluding hydrogens is 312 g/mol. The van der Waals surface area contributed by atoms with Crippen molar-refractivity contribution in [3.05, 3.63) is 84.1 Å². The number of rotatable bonds is 3. The summed E-state index contributed by atoms with van der Waals surface area (Å²) in [5, 5.41) is 15.9. The molecule has 0 amide bonds. The van der Waals surface area contributed by atoms with Gasteiger partial charge in [0.05, 0.1) is 11.4 Å². The SMILES string of the molecule is Cc1cccc(-n2nc(C(=O)O)cc2-c2ccc3ccccc3c2)c1.